The predicted molar refractivity (Wildman–Crippen MR) is 50.1 cm³/mol. The average Bonchev–Trinajstić information content (AvgIpc) is 2.14. The van der Waals surface area contributed by atoms with Crippen molar-refractivity contribution in [1.82, 2.24) is 10.2 Å². The molecule has 3 heteroatoms. The number of rotatable bonds is 1. The lowest BCUT2D eigenvalue weighted by Gasteiger charge is -1.98. The first-order valence-electron chi connectivity index (χ1n) is 3.33. The zero-order valence-corrected chi connectivity index (χ0v) is 8.56. The smallest absolute Gasteiger partial charge is 0.0783 e. The van der Waals surface area contributed by atoms with Crippen molar-refractivity contribution in [2.75, 3.05) is 0 Å². The zero-order valence-electron chi connectivity index (χ0n) is 6.40. The van der Waals surface area contributed by atoms with Gasteiger partial charge in [-0.1, -0.05) is 13.8 Å². The van der Waals surface area contributed by atoms with Gasteiger partial charge in [-0.25, -0.2) is 0 Å². The lowest BCUT2D eigenvalue weighted by Crippen LogP contribution is -1.89. The first-order chi connectivity index (χ1) is 4.63. The van der Waals surface area contributed by atoms with Crippen LogP contribution < -0.4 is 0 Å². The molecule has 0 spiro atoms. The van der Waals surface area contributed by atoms with Crippen molar-refractivity contribution in [3.8, 4) is 0 Å². The number of hydrogen-bond donors (Lipinski definition) is 1. The number of aryl methyl sites for hydroxylation is 1. The minimum atomic E-state index is 0.525. The van der Waals surface area contributed by atoms with E-state index >= 15 is 0 Å². The molecule has 2 nitrogen and oxygen atoms in total. The Balaban J connectivity index is 3.05. The molecule has 0 aliphatic rings. The zero-order chi connectivity index (χ0) is 7.72. The van der Waals surface area contributed by atoms with E-state index in [4.69, 9.17) is 0 Å². The van der Waals surface area contributed by atoms with E-state index in [0.29, 0.717) is 5.92 Å². The number of nitrogens with one attached hydrogen (secondary N) is 1. The summed E-state index contributed by atoms with van der Waals surface area (Å²) in [4.78, 5) is 0. The summed E-state index contributed by atoms with van der Waals surface area (Å²) in [6.45, 7) is 6.34. The molecule has 1 aromatic rings. The van der Waals surface area contributed by atoms with E-state index in [9.17, 15) is 0 Å². The largest absolute Gasteiger partial charge is 0.281 e. The normalized spacial score (nSPS) is 10.9. The standard InChI is InChI=1S/C7H11IN2/c1-4(2)7-6(8)5(3)9-10-7/h4H,1-3H3,(H,9,10). The maximum Gasteiger partial charge on any atom is 0.0783 e. The van der Waals surface area contributed by atoms with E-state index in [1.54, 1.807) is 0 Å². The van der Waals surface area contributed by atoms with Gasteiger partial charge in [-0.3, -0.25) is 5.10 Å². The molecule has 0 saturated carbocycles. The third kappa shape index (κ3) is 1.33. The topological polar surface area (TPSA) is 28.7 Å². The van der Waals surface area contributed by atoms with Crippen LogP contribution in [0, 0.1) is 10.5 Å². The number of aromatic amines is 1. The van der Waals surface area contributed by atoms with Crippen LogP contribution in [-0.2, 0) is 0 Å². The molecule has 1 N–H and O–H groups in total. The van der Waals surface area contributed by atoms with E-state index in [1.165, 1.54) is 15.0 Å². The van der Waals surface area contributed by atoms with E-state index in [-0.39, 0.29) is 0 Å². The number of aromatic nitrogens is 2. The monoisotopic (exact) mass is 250 g/mol. The molecule has 0 atom stereocenters. The second-order valence-corrected chi connectivity index (χ2v) is 3.78. The molecule has 0 fully saturated rings. The molecule has 0 aliphatic carbocycles. The van der Waals surface area contributed by atoms with Gasteiger partial charge < -0.3 is 0 Å². The highest BCUT2D eigenvalue weighted by Crippen LogP contribution is 2.20. The molecule has 0 bridgehead atoms. The number of hydrogen-bond acceptors (Lipinski definition) is 1. The Morgan fingerprint density at radius 3 is 2.30 bits per heavy atom. The highest BCUT2D eigenvalue weighted by molar-refractivity contribution is 14.1. The van der Waals surface area contributed by atoms with Gasteiger partial charge in [0.1, 0.15) is 0 Å². The van der Waals surface area contributed by atoms with Gasteiger partial charge in [-0.2, -0.15) is 5.10 Å². The van der Waals surface area contributed by atoms with Crippen LogP contribution in [-0.4, -0.2) is 10.2 Å². The van der Waals surface area contributed by atoms with Crippen molar-refractivity contribution in [1.29, 1.82) is 0 Å². The molecule has 1 rings (SSSR count). The SMILES string of the molecule is Cc1[nH]nc(C(C)C)c1I. The first kappa shape index (κ1) is 8.04. The third-order valence-corrected chi connectivity index (χ3v) is 2.81. The maximum atomic E-state index is 4.18. The van der Waals surface area contributed by atoms with Crippen molar-refractivity contribution < 1.29 is 0 Å². The number of halogens is 1. The van der Waals surface area contributed by atoms with Crippen molar-refractivity contribution in [3.63, 3.8) is 0 Å². The van der Waals surface area contributed by atoms with Gasteiger partial charge in [0.2, 0.25) is 0 Å². The molecule has 1 heterocycles. The van der Waals surface area contributed by atoms with Gasteiger partial charge in [-0.05, 0) is 35.4 Å². The van der Waals surface area contributed by atoms with Crippen LogP contribution in [0.4, 0.5) is 0 Å². The quantitative estimate of drug-likeness (QED) is 0.762. The predicted octanol–water partition coefficient (Wildman–Crippen LogP) is 2.45. The summed E-state index contributed by atoms with van der Waals surface area (Å²) in [7, 11) is 0. The van der Waals surface area contributed by atoms with Gasteiger partial charge in [0.15, 0.2) is 0 Å². The second kappa shape index (κ2) is 2.90. The minimum Gasteiger partial charge on any atom is -0.281 e. The molecule has 0 unspecified atom stereocenters. The number of nitrogens with zero attached hydrogens (tertiary/aromatic N) is 1. The molecular formula is C7H11IN2. The third-order valence-electron chi connectivity index (χ3n) is 1.45. The van der Waals surface area contributed by atoms with Crippen LogP contribution in [0.2, 0.25) is 0 Å². The highest BCUT2D eigenvalue weighted by atomic mass is 127. The Kier molecular flexibility index (Phi) is 2.33. The maximum absolute atomic E-state index is 4.18. The van der Waals surface area contributed by atoms with Crippen LogP contribution in [0.5, 0.6) is 0 Å². The van der Waals surface area contributed by atoms with Crippen molar-refractivity contribution in [3.05, 3.63) is 15.0 Å². The van der Waals surface area contributed by atoms with Crippen molar-refractivity contribution in [2.45, 2.75) is 26.7 Å². The summed E-state index contributed by atoms with van der Waals surface area (Å²) in [6, 6.07) is 0. The lowest BCUT2D eigenvalue weighted by atomic mass is 10.1. The molecule has 0 radical (unpaired) electrons. The summed E-state index contributed by atoms with van der Waals surface area (Å²) in [5, 5.41) is 7.14. The summed E-state index contributed by atoms with van der Waals surface area (Å²) in [5.41, 5.74) is 2.35. The van der Waals surface area contributed by atoms with E-state index in [0.717, 1.165) is 0 Å². The van der Waals surface area contributed by atoms with E-state index in [1.807, 2.05) is 6.92 Å². The molecule has 0 amide bonds. The Morgan fingerprint density at radius 2 is 2.10 bits per heavy atom. The Hall–Kier alpha value is -0.0600. The Morgan fingerprint density at radius 1 is 1.50 bits per heavy atom. The van der Waals surface area contributed by atoms with Crippen LogP contribution in [0.3, 0.4) is 0 Å². The molecule has 10 heavy (non-hydrogen) atoms. The van der Waals surface area contributed by atoms with Gasteiger partial charge in [-0.15, -0.1) is 0 Å². The highest BCUT2D eigenvalue weighted by Gasteiger charge is 2.09. The van der Waals surface area contributed by atoms with Gasteiger partial charge in [0.25, 0.3) is 0 Å². The lowest BCUT2D eigenvalue weighted by molar-refractivity contribution is 0.805. The summed E-state index contributed by atoms with van der Waals surface area (Å²) in [5.74, 6) is 0.525. The van der Waals surface area contributed by atoms with E-state index < -0.39 is 0 Å². The molecule has 0 aliphatic heterocycles. The summed E-state index contributed by atoms with van der Waals surface area (Å²) >= 11 is 2.32. The Labute approximate surface area is 74.6 Å². The molecule has 1 aromatic heterocycles. The molecule has 0 saturated heterocycles. The first-order valence-corrected chi connectivity index (χ1v) is 4.41. The fourth-order valence-electron chi connectivity index (χ4n) is 0.817. The second-order valence-electron chi connectivity index (χ2n) is 2.70. The minimum absolute atomic E-state index is 0.525. The van der Waals surface area contributed by atoms with Crippen LogP contribution in [0.1, 0.15) is 31.2 Å². The summed E-state index contributed by atoms with van der Waals surface area (Å²) in [6.07, 6.45) is 0. The van der Waals surface area contributed by atoms with Gasteiger partial charge >= 0.3 is 0 Å². The summed E-state index contributed by atoms with van der Waals surface area (Å²) < 4.78 is 1.27. The van der Waals surface area contributed by atoms with Crippen molar-refractivity contribution >= 4 is 22.6 Å². The van der Waals surface area contributed by atoms with Crippen LogP contribution >= 0.6 is 22.6 Å². The molecular weight excluding hydrogens is 239 g/mol. The van der Waals surface area contributed by atoms with Gasteiger partial charge in [0.05, 0.1) is 9.26 Å². The fourth-order valence-corrected chi connectivity index (χ4v) is 1.68. The van der Waals surface area contributed by atoms with Crippen LogP contribution in [0.15, 0.2) is 0 Å². The van der Waals surface area contributed by atoms with Crippen LogP contribution in [0.25, 0.3) is 0 Å². The number of H-pyrrole nitrogens is 1. The van der Waals surface area contributed by atoms with E-state index in [2.05, 4.69) is 46.6 Å². The Bertz CT molecular complexity index is 228. The fraction of sp³-hybridized carbons (Fsp3) is 0.571. The molecule has 56 valence electrons. The average molecular weight is 250 g/mol. The van der Waals surface area contributed by atoms with Gasteiger partial charge in [0, 0.05) is 5.69 Å². The molecule has 0 aromatic carbocycles. The van der Waals surface area contributed by atoms with Crippen molar-refractivity contribution in [2.24, 2.45) is 0 Å².